The summed E-state index contributed by atoms with van der Waals surface area (Å²) in [6.45, 7) is 1.67. The molecule has 0 amide bonds. The highest BCUT2D eigenvalue weighted by Crippen LogP contribution is 2.48. The number of hydrogen-bond acceptors (Lipinski definition) is 2. The molecule has 1 saturated heterocycles. The third kappa shape index (κ3) is 1.09. The molecule has 1 fully saturated rings. The highest BCUT2D eigenvalue weighted by atomic mass is 35.5. The highest BCUT2D eigenvalue weighted by molar-refractivity contribution is 6.62. The Labute approximate surface area is 90.8 Å². The molecular weight excluding hydrogens is 234 g/mol. The smallest absolute Gasteiger partial charge is 0.209 e. The van der Waals surface area contributed by atoms with Crippen LogP contribution in [-0.2, 0) is 9.53 Å². The van der Waals surface area contributed by atoms with Crippen molar-refractivity contribution < 1.29 is 9.53 Å². The fourth-order valence-electron chi connectivity index (χ4n) is 1.54. The molecule has 5 heteroatoms. The topological polar surface area (TPSA) is 26.3 Å². The third-order valence-electron chi connectivity index (χ3n) is 2.46. The van der Waals surface area contributed by atoms with Gasteiger partial charge in [0.25, 0.3) is 0 Å². The van der Waals surface area contributed by atoms with Gasteiger partial charge in [-0.2, -0.15) is 0 Å². The molecule has 72 valence electrons. The minimum atomic E-state index is -1.58. The number of Topliss-reactive ketones (excluding diaryl/α,β-unsaturated/α-hetero) is 1. The van der Waals surface area contributed by atoms with Crippen molar-refractivity contribution in [3.8, 4) is 0 Å². The van der Waals surface area contributed by atoms with Crippen molar-refractivity contribution in [1.29, 1.82) is 0 Å². The molecule has 2 aliphatic heterocycles. The van der Waals surface area contributed by atoms with Crippen LogP contribution in [0.15, 0.2) is 12.2 Å². The zero-order valence-corrected chi connectivity index (χ0v) is 9.03. The van der Waals surface area contributed by atoms with Gasteiger partial charge in [-0.1, -0.05) is 35.4 Å². The van der Waals surface area contributed by atoms with Crippen LogP contribution < -0.4 is 0 Å². The molecule has 0 aromatic heterocycles. The largest absolute Gasteiger partial charge is 0.358 e. The maximum atomic E-state index is 11.6. The Bertz CT molecular complexity index is 300. The molecule has 0 saturated carbocycles. The first kappa shape index (κ1) is 9.78. The van der Waals surface area contributed by atoms with E-state index in [4.69, 9.17) is 39.5 Å². The van der Waals surface area contributed by atoms with Crippen LogP contribution in [0, 0.1) is 0 Å². The average Bonchev–Trinajstić information content (AvgIpc) is 2.43. The summed E-state index contributed by atoms with van der Waals surface area (Å²) in [5.41, 5.74) is -0.941. The minimum Gasteiger partial charge on any atom is -0.358 e. The zero-order chi connectivity index (χ0) is 9.85. The van der Waals surface area contributed by atoms with Crippen molar-refractivity contribution in [3.63, 3.8) is 0 Å². The van der Waals surface area contributed by atoms with Crippen molar-refractivity contribution >= 4 is 40.6 Å². The Balaban J connectivity index is 2.48. The van der Waals surface area contributed by atoms with Gasteiger partial charge in [-0.25, -0.2) is 0 Å². The Hall–Kier alpha value is 0.240. The summed E-state index contributed by atoms with van der Waals surface area (Å²) in [7, 11) is 0. The Morgan fingerprint density at radius 1 is 1.54 bits per heavy atom. The predicted molar refractivity (Wildman–Crippen MR) is 51.5 cm³/mol. The quantitative estimate of drug-likeness (QED) is 0.479. The number of fused-ring (bicyclic) bond motifs is 2. The predicted octanol–water partition coefficient (Wildman–Crippen LogP) is 2.06. The second-order valence-electron chi connectivity index (χ2n) is 3.39. The molecular formula is C8H7Cl3O2. The standard InChI is InChI=1S/C8H7Cl3O2/c1-7-3-2-4(13-7)5(9)6(12)8(7,10)11/h2-5H,1H3/t4-,5+,7+/m0/s1. The van der Waals surface area contributed by atoms with Crippen LogP contribution >= 0.6 is 34.8 Å². The minimum absolute atomic E-state index is 0.388. The summed E-state index contributed by atoms with van der Waals surface area (Å²) in [5.74, 6) is -0.388. The van der Waals surface area contributed by atoms with E-state index in [1.807, 2.05) is 0 Å². The Morgan fingerprint density at radius 2 is 2.15 bits per heavy atom. The molecule has 2 heterocycles. The van der Waals surface area contributed by atoms with Gasteiger partial charge in [0, 0.05) is 0 Å². The fourth-order valence-corrected chi connectivity index (χ4v) is 2.40. The van der Waals surface area contributed by atoms with Gasteiger partial charge in [-0.15, -0.1) is 11.6 Å². The molecule has 2 bridgehead atoms. The molecule has 0 radical (unpaired) electrons. The molecule has 13 heavy (non-hydrogen) atoms. The summed E-state index contributed by atoms with van der Waals surface area (Å²) in [6.07, 6.45) is 3.02. The lowest BCUT2D eigenvalue weighted by Gasteiger charge is -2.41. The number of rotatable bonds is 0. The Morgan fingerprint density at radius 3 is 2.77 bits per heavy atom. The van der Waals surface area contributed by atoms with Crippen LogP contribution in [0.1, 0.15) is 6.92 Å². The lowest BCUT2D eigenvalue weighted by Crippen LogP contribution is -2.58. The van der Waals surface area contributed by atoms with Crippen LogP contribution in [0.3, 0.4) is 0 Å². The number of ketones is 1. The van der Waals surface area contributed by atoms with Crippen LogP contribution in [0.2, 0.25) is 0 Å². The molecule has 0 spiro atoms. The summed E-state index contributed by atoms with van der Waals surface area (Å²) in [4.78, 5) is 11.6. The van der Waals surface area contributed by atoms with E-state index in [1.54, 1.807) is 19.1 Å². The molecule has 2 nitrogen and oxygen atoms in total. The van der Waals surface area contributed by atoms with Gasteiger partial charge >= 0.3 is 0 Å². The zero-order valence-electron chi connectivity index (χ0n) is 6.76. The first-order valence-electron chi connectivity index (χ1n) is 3.82. The van der Waals surface area contributed by atoms with Gasteiger partial charge in [0.05, 0.1) is 0 Å². The van der Waals surface area contributed by atoms with Crippen molar-refractivity contribution in [3.05, 3.63) is 12.2 Å². The normalized spacial score (nSPS) is 46.9. The second-order valence-corrected chi connectivity index (χ2v) is 5.19. The number of hydrogen-bond donors (Lipinski definition) is 0. The number of carbonyl (C=O) groups is 1. The first-order valence-corrected chi connectivity index (χ1v) is 5.01. The van der Waals surface area contributed by atoms with Gasteiger partial charge in [-0.3, -0.25) is 4.79 Å². The fraction of sp³-hybridized carbons (Fsp3) is 0.625. The van der Waals surface area contributed by atoms with Crippen molar-refractivity contribution in [2.75, 3.05) is 0 Å². The summed E-state index contributed by atoms with van der Waals surface area (Å²) in [6, 6.07) is 0. The maximum Gasteiger partial charge on any atom is 0.209 e. The lowest BCUT2D eigenvalue weighted by atomic mass is 9.95. The van der Waals surface area contributed by atoms with Gasteiger partial charge in [0.2, 0.25) is 4.33 Å². The summed E-state index contributed by atoms with van der Waals surface area (Å²) >= 11 is 17.6. The number of ether oxygens (including phenoxy) is 1. The maximum absolute atomic E-state index is 11.6. The van der Waals surface area contributed by atoms with E-state index in [0.29, 0.717) is 0 Å². The van der Waals surface area contributed by atoms with Crippen LogP contribution in [0.25, 0.3) is 0 Å². The van der Waals surface area contributed by atoms with Gasteiger partial charge in [0.15, 0.2) is 5.78 Å². The Kier molecular flexibility index (Phi) is 1.98. The lowest BCUT2D eigenvalue weighted by molar-refractivity contribution is -0.136. The van der Waals surface area contributed by atoms with Crippen LogP contribution in [0.5, 0.6) is 0 Å². The molecule has 2 aliphatic rings. The molecule has 3 atom stereocenters. The summed E-state index contributed by atoms with van der Waals surface area (Å²) < 4.78 is 3.87. The van der Waals surface area contributed by atoms with E-state index >= 15 is 0 Å². The van der Waals surface area contributed by atoms with Gasteiger partial charge in [-0.05, 0) is 6.92 Å². The van der Waals surface area contributed by atoms with E-state index in [9.17, 15) is 4.79 Å². The van der Waals surface area contributed by atoms with Crippen molar-refractivity contribution in [1.82, 2.24) is 0 Å². The van der Waals surface area contributed by atoms with Crippen molar-refractivity contribution in [2.45, 2.75) is 28.3 Å². The van der Waals surface area contributed by atoms with E-state index < -0.39 is 21.4 Å². The molecule has 0 aromatic rings. The molecule has 2 rings (SSSR count). The van der Waals surface area contributed by atoms with Crippen LogP contribution in [0.4, 0.5) is 0 Å². The molecule has 0 N–H and O–H groups in total. The second kappa shape index (κ2) is 2.63. The molecule has 0 aliphatic carbocycles. The van der Waals surface area contributed by atoms with Crippen LogP contribution in [-0.4, -0.2) is 27.2 Å². The average molecular weight is 242 g/mol. The first-order chi connectivity index (χ1) is 5.88. The number of alkyl halides is 3. The van der Waals surface area contributed by atoms with E-state index in [-0.39, 0.29) is 5.78 Å². The van der Waals surface area contributed by atoms with E-state index in [2.05, 4.69) is 0 Å². The van der Waals surface area contributed by atoms with Crippen molar-refractivity contribution in [2.24, 2.45) is 0 Å². The monoisotopic (exact) mass is 240 g/mol. The molecule has 0 aromatic carbocycles. The number of halogens is 3. The van der Waals surface area contributed by atoms with E-state index in [0.717, 1.165) is 0 Å². The van der Waals surface area contributed by atoms with Gasteiger partial charge < -0.3 is 4.74 Å². The third-order valence-corrected chi connectivity index (χ3v) is 4.03. The van der Waals surface area contributed by atoms with E-state index in [1.165, 1.54) is 0 Å². The summed E-state index contributed by atoms with van der Waals surface area (Å²) in [5, 5.41) is -0.790. The number of carbonyl (C=O) groups excluding carboxylic acids is 1. The molecule has 0 unspecified atom stereocenters. The highest BCUT2D eigenvalue weighted by Gasteiger charge is 2.61. The van der Waals surface area contributed by atoms with Gasteiger partial charge in [0.1, 0.15) is 17.1 Å². The SMILES string of the molecule is C[C@]12C=C[C@H](O1)[C@@H](Cl)C(=O)C2(Cl)Cl.